The lowest BCUT2D eigenvalue weighted by Gasteiger charge is -2.08. The molecule has 0 aliphatic rings. The van der Waals surface area contributed by atoms with Crippen LogP contribution in [0.5, 0.6) is 0 Å². The highest BCUT2D eigenvalue weighted by molar-refractivity contribution is 5.98. The average molecular weight is 354 g/mol. The van der Waals surface area contributed by atoms with Crippen molar-refractivity contribution in [2.45, 2.75) is 6.54 Å². The molecule has 0 aliphatic carbocycles. The maximum Gasteiger partial charge on any atom is 0.273 e. The summed E-state index contributed by atoms with van der Waals surface area (Å²) in [4.78, 5) is 36.9. The lowest BCUT2D eigenvalue weighted by molar-refractivity contribution is -0.129. The van der Waals surface area contributed by atoms with E-state index in [2.05, 4.69) is 26.9 Å². The van der Waals surface area contributed by atoms with Gasteiger partial charge in [0.05, 0.1) is 12.7 Å². The van der Waals surface area contributed by atoms with E-state index < -0.39 is 11.8 Å². The van der Waals surface area contributed by atoms with E-state index in [9.17, 15) is 14.4 Å². The Balaban J connectivity index is 1.86. The molecule has 0 unspecified atom stereocenters. The minimum Gasteiger partial charge on any atom is -0.347 e. The predicted octanol–water partition coefficient (Wildman–Crippen LogP) is -0.284. The van der Waals surface area contributed by atoms with E-state index in [1.807, 2.05) is 0 Å². The van der Waals surface area contributed by atoms with Gasteiger partial charge in [0.1, 0.15) is 6.54 Å². The molecule has 1 aromatic heterocycles. The molecule has 1 heterocycles. The van der Waals surface area contributed by atoms with Crippen LogP contribution in [0.3, 0.4) is 0 Å². The number of carbonyl (C=O) groups is 3. The number of nitrogens with zero attached hydrogens (tertiary/aromatic N) is 4. The van der Waals surface area contributed by atoms with Gasteiger partial charge in [-0.3, -0.25) is 14.4 Å². The predicted molar refractivity (Wildman–Crippen MR) is 94.1 cm³/mol. The van der Waals surface area contributed by atoms with Gasteiger partial charge in [0.25, 0.3) is 5.91 Å². The first kappa shape index (κ1) is 18.7. The van der Waals surface area contributed by atoms with Gasteiger partial charge in [-0.05, 0) is 18.2 Å². The Kier molecular flexibility index (Phi) is 6.06. The van der Waals surface area contributed by atoms with Crippen molar-refractivity contribution >= 4 is 23.4 Å². The molecule has 0 aliphatic heterocycles. The molecule has 9 nitrogen and oxygen atoms in total. The molecule has 0 saturated heterocycles. The molecular formula is C17H18N6O3. The molecule has 0 saturated carbocycles. The maximum absolute atomic E-state index is 12.0. The van der Waals surface area contributed by atoms with Crippen LogP contribution in [0.1, 0.15) is 16.1 Å². The Morgan fingerprint density at radius 3 is 2.77 bits per heavy atom. The number of rotatable bonds is 6. The first-order valence-electron chi connectivity index (χ1n) is 7.64. The minimum atomic E-state index is -0.568. The van der Waals surface area contributed by atoms with Crippen LogP contribution in [-0.4, -0.2) is 58.3 Å². The van der Waals surface area contributed by atoms with Gasteiger partial charge in [0, 0.05) is 25.3 Å². The topological polar surface area (TPSA) is 109 Å². The number of benzene rings is 1. The highest BCUT2D eigenvalue weighted by Gasteiger charge is 2.14. The monoisotopic (exact) mass is 354 g/mol. The van der Waals surface area contributed by atoms with Crippen LogP contribution in [0.2, 0.25) is 0 Å². The molecule has 9 heteroatoms. The van der Waals surface area contributed by atoms with Gasteiger partial charge in [-0.25, -0.2) is 4.68 Å². The summed E-state index contributed by atoms with van der Waals surface area (Å²) >= 11 is 0. The molecule has 0 atom stereocenters. The largest absolute Gasteiger partial charge is 0.347 e. The summed E-state index contributed by atoms with van der Waals surface area (Å²) in [6.07, 6.45) is 6.64. The SMILES string of the molecule is C#Cc1cccc(NC(=O)CNC(=O)c2cn(CC(=O)N(C)C)nn2)c1. The Morgan fingerprint density at radius 2 is 2.08 bits per heavy atom. The van der Waals surface area contributed by atoms with E-state index in [0.29, 0.717) is 11.3 Å². The minimum absolute atomic E-state index is 0.0127. The molecule has 0 spiro atoms. The summed E-state index contributed by atoms with van der Waals surface area (Å²) < 4.78 is 1.25. The zero-order valence-electron chi connectivity index (χ0n) is 14.4. The van der Waals surface area contributed by atoms with Crippen LogP contribution in [0.25, 0.3) is 0 Å². The molecule has 0 bridgehead atoms. The van der Waals surface area contributed by atoms with Crippen molar-refractivity contribution in [3.63, 3.8) is 0 Å². The highest BCUT2D eigenvalue weighted by Crippen LogP contribution is 2.09. The van der Waals surface area contributed by atoms with E-state index in [-0.39, 0.29) is 24.7 Å². The summed E-state index contributed by atoms with van der Waals surface area (Å²) in [5.41, 5.74) is 1.18. The summed E-state index contributed by atoms with van der Waals surface area (Å²) in [6, 6.07) is 6.79. The van der Waals surface area contributed by atoms with Gasteiger partial charge in [0.2, 0.25) is 11.8 Å². The second kappa shape index (κ2) is 8.43. The van der Waals surface area contributed by atoms with E-state index in [1.165, 1.54) is 15.8 Å². The fourth-order valence-electron chi connectivity index (χ4n) is 1.90. The Morgan fingerprint density at radius 1 is 1.31 bits per heavy atom. The zero-order chi connectivity index (χ0) is 19.1. The first-order chi connectivity index (χ1) is 12.4. The third kappa shape index (κ3) is 5.17. The zero-order valence-corrected chi connectivity index (χ0v) is 14.4. The molecule has 2 aromatic rings. The maximum atomic E-state index is 12.0. The highest BCUT2D eigenvalue weighted by atomic mass is 16.2. The second-order valence-electron chi connectivity index (χ2n) is 5.55. The summed E-state index contributed by atoms with van der Waals surface area (Å²) in [5, 5.41) is 12.5. The standard InChI is InChI=1S/C17H18N6O3/c1-4-12-6-5-7-13(8-12)19-15(24)9-18-17(26)14-10-23(21-20-14)11-16(25)22(2)3/h1,5-8,10H,9,11H2,2-3H3,(H,18,26)(H,19,24). The molecule has 0 fully saturated rings. The fourth-order valence-corrected chi connectivity index (χ4v) is 1.90. The van der Waals surface area contributed by atoms with Crippen molar-refractivity contribution in [3.05, 3.63) is 41.7 Å². The van der Waals surface area contributed by atoms with Crippen molar-refractivity contribution < 1.29 is 14.4 Å². The summed E-state index contributed by atoms with van der Waals surface area (Å²) in [6.45, 7) is -0.276. The van der Waals surface area contributed by atoms with Crippen molar-refractivity contribution in [3.8, 4) is 12.3 Å². The summed E-state index contributed by atoms with van der Waals surface area (Å²) in [5.74, 6) is 1.30. The van der Waals surface area contributed by atoms with Crippen LogP contribution >= 0.6 is 0 Å². The molecule has 2 rings (SSSR count). The van der Waals surface area contributed by atoms with Crippen molar-refractivity contribution in [2.24, 2.45) is 0 Å². The Labute approximate surface area is 150 Å². The van der Waals surface area contributed by atoms with Gasteiger partial charge in [-0.1, -0.05) is 17.2 Å². The third-order valence-electron chi connectivity index (χ3n) is 3.29. The van der Waals surface area contributed by atoms with E-state index in [0.717, 1.165) is 0 Å². The number of likely N-dealkylation sites (N-methyl/N-ethyl adjacent to an activating group) is 1. The summed E-state index contributed by atoms with van der Waals surface area (Å²) in [7, 11) is 3.23. The molecule has 26 heavy (non-hydrogen) atoms. The smallest absolute Gasteiger partial charge is 0.273 e. The number of terminal acetylenes is 1. The van der Waals surface area contributed by atoms with Crippen LogP contribution in [0, 0.1) is 12.3 Å². The van der Waals surface area contributed by atoms with E-state index in [4.69, 9.17) is 6.42 Å². The lowest BCUT2D eigenvalue weighted by atomic mass is 10.2. The van der Waals surface area contributed by atoms with Gasteiger partial charge in [-0.2, -0.15) is 0 Å². The van der Waals surface area contributed by atoms with Gasteiger partial charge in [0.15, 0.2) is 5.69 Å². The fraction of sp³-hybridized carbons (Fsp3) is 0.235. The number of amides is 3. The van der Waals surface area contributed by atoms with Crippen LogP contribution in [0.15, 0.2) is 30.5 Å². The normalized spacial score (nSPS) is 9.88. The average Bonchev–Trinajstić information content (AvgIpc) is 3.08. The molecule has 1 aromatic carbocycles. The number of hydrogen-bond acceptors (Lipinski definition) is 5. The molecule has 0 radical (unpaired) electrons. The number of aromatic nitrogens is 3. The molecular weight excluding hydrogens is 336 g/mol. The Hall–Kier alpha value is -3.67. The Bertz CT molecular complexity index is 865. The van der Waals surface area contributed by atoms with Gasteiger partial charge < -0.3 is 15.5 Å². The van der Waals surface area contributed by atoms with Crippen LogP contribution in [-0.2, 0) is 16.1 Å². The number of carbonyl (C=O) groups excluding carboxylic acids is 3. The molecule has 2 N–H and O–H groups in total. The quantitative estimate of drug-likeness (QED) is 0.693. The number of anilines is 1. The lowest BCUT2D eigenvalue weighted by Crippen LogP contribution is -2.33. The van der Waals surface area contributed by atoms with Crippen LogP contribution < -0.4 is 10.6 Å². The van der Waals surface area contributed by atoms with Gasteiger partial charge in [-0.15, -0.1) is 11.5 Å². The molecule has 3 amide bonds. The van der Waals surface area contributed by atoms with Crippen molar-refractivity contribution in [1.82, 2.24) is 25.2 Å². The van der Waals surface area contributed by atoms with Gasteiger partial charge >= 0.3 is 0 Å². The van der Waals surface area contributed by atoms with E-state index >= 15 is 0 Å². The first-order valence-corrected chi connectivity index (χ1v) is 7.64. The molecule has 134 valence electrons. The second-order valence-corrected chi connectivity index (χ2v) is 5.55. The van der Waals surface area contributed by atoms with E-state index in [1.54, 1.807) is 38.4 Å². The van der Waals surface area contributed by atoms with Crippen molar-refractivity contribution in [2.75, 3.05) is 26.0 Å². The van der Waals surface area contributed by atoms with Crippen LogP contribution in [0.4, 0.5) is 5.69 Å². The van der Waals surface area contributed by atoms with Crippen molar-refractivity contribution in [1.29, 1.82) is 0 Å². The third-order valence-corrected chi connectivity index (χ3v) is 3.29. The number of nitrogens with one attached hydrogen (secondary N) is 2. The number of hydrogen-bond donors (Lipinski definition) is 2.